The summed E-state index contributed by atoms with van der Waals surface area (Å²) in [4.78, 5) is 28.3. The Morgan fingerprint density at radius 1 is 1.03 bits per heavy atom. The van der Waals surface area contributed by atoms with Crippen LogP contribution in [0.15, 0.2) is 65.6 Å². The summed E-state index contributed by atoms with van der Waals surface area (Å²) in [5.41, 5.74) is 2.57. The quantitative estimate of drug-likeness (QED) is 0.406. The summed E-state index contributed by atoms with van der Waals surface area (Å²) in [6.45, 7) is 1.36. The summed E-state index contributed by atoms with van der Waals surface area (Å²) in [5, 5.41) is 3.96. The molecular weight excluding hydrogens is 434 g/mol. The predicted molar refractivity (Wildman–Crippen MR) is 132 cm³/mol. The Hall–Kier alpha value is -4.11. The molecule has 2 heterocycles. The number of rotatable bonds is 9. The van der Waals surface area contributed by atoms with Crippen molar-refractivity contribution in [3.05, 3.63) is 71.1 Å². The van der Waals surface area contributed by atoms with Gasteiger partial charge in [-0.05, 0) is 44.4 Å². The zero-order valence-corrected chi connectivity index (χ0v) is 19.6. The van der Waals surface area contributed by atoms with Gasteiger partial charge in [0.1, 0.15) is 25.2 Å². The fraction of sp³-hybridized carbons (Fsp3) is 0.240. The van der Waals surface area contributed by atoms with E-state index >= 15 is 0 Å². The summed E-state index contributed by atoms with van der Waals surface area (Å²) in [6, 6.07) is 16.6. The summed E-state index contributed by atoms with van der Waals surface area (Å²) < 4.78 is 12.7. The van der Waals surface area contributed by atoms with Crippen LogP contribution in [0.4, 0.5) is 11.6 Å². The van der Waals surface area contributed by atoms with E-state index in [0.29, 0.717) is 23.6 Å². The molecule has 0 amide bonds. The number of likely N-dealkylation sites (N-methyl/N-ethyl adjacent to an activating group) is 1. The van der Waals surface area contributed by atoms with Crippen LogP contribution in [0.2, 0.25) is 0 Å². The van der Waals surface area contributed by atoms with Crippen LogP contribution < -0.4 is 25.2 Å². The minimum Gasteiger partial charge on any atom is -0.496 e. The van der Waals surface area contributed by atoms with Crippen LogP contribution in [0.25, 0.3) is 22.2 Å². The van der Waals surface area contributed by atoms with Crippen LogP contribution in [0, 0.1) is 0 Å². The Labute approximate surface area is 197 Å². The molecule has 2 aromatic heterocycles. The second-order valence-corrected chi connectivity index (χ2v) is 7.81. The molecule has 0 aliphatic carbocycles. The van der Waals surface area contributed by atoms with Gasteiger partial charge in [-0.1, -0.05) is 18.2 Å². The van der Waals surface area contributed by atoms with E-state index in [1.807, 2.05) is 56.6 Å². The normalized spacial score (nSPS) is 11.0. The molecule has 176 valence electrons. The number of pyridine rings is 1. The Kier molecular flexibility index (Phi) is 6.93. The molecular formula is C25H27N5O4. The van der Waals surface area contributed by atoms with Crippen LogP contribution in [-0.2, 0) is 0 Å². The van der Waals surface area contributed by atoms with Gasteiger partial charge in [0.05, 0.1) is 7.11 Å². The first-order valence-electron chi connectivity index (χ1n) is 10.8. The molecule has 0 aliphatic heterocycles. The van der Waals surface area contributed by atoms with E-state index in [0.717, 1.165) is 39.6 Å². The largest absolute Gasteiger partial charge is 0.496 e. The third-order valence-corrected chi connectivity index (χ3v) is 5.22. The van der Waals surface area contributed by atoms with Gasteiger partial charge in [-0.3, -0.25) is 4.79 Å². The van der Waals surface area contributed by atoms with Crippen molar-refractivity contribution in [3.63, 3.8) is 0 Å². The zero-order chi connectivity index (χ0) is 24.1. The van der Waals surface area contributed by atoms with Gasteiger partial charge in [0, 0.05) is 41.0 Å². The molecule has 0 aliphatic rings. The van der Waals surface area contributed by atoms with Gasteiger partial charge < -0.3 is 24.5 Å². The number of anilines is 2. The minimum atomic E-state index is -0.311. The van der Waals surface area contributed by atoms with Crippen LogP contribution in [0.5, 0.6) is 11.5 Å². The van der Waals surface area contributed by atoms with Crippen LogP contribution >= 0.6 is 0 Å². The third-order valence-electron chi connectivity index (χ3n) is 5.22. The SMILES string of the molecule is COc1ccccc1-c1cc(OCCN(C)C)ccc1Nc1ncc2ccc(=O)n(OC)c2n1. The Bertz CT molecular complexity index is 1350. The number of para-hydroxylation sites is 1. The minimum absolute atomic E-state index is 0.311. The maximum absolute atomic E-state index is 12.1. The average molecular weight is 462 g/mol. The van der Waals surface area contributed by atoms with Crippen molar-refractivity contribution in [1.82, 2.24) is 19.6 Å². The van der Waals surface area contributed by atoms with Gasteiger partial charge in [0.25, 0.3) is 5.56 Å². The van der Waals surface area contributed by atoms with E-state index < -0.39 is 0 Å². The summed E-state index contributed by atoms with van der Waals surface area (Å²) in [6.07, 6.45) is 1.64. The van der Waals surface area contributed by atoms with E-state index in [1.165, 1.54) is 13.2 Å². The van der Waals surface area contributed by atoms with Crippen molar-refractivity contribution in [2.24, 2.45) is 0 Å². The second kappa shape index (κ2) is 10.2. The molecule has 0 fully saturated rings. The molecule has 4 aromatic rings. The number of methoxy groups -OCH3 is 1. The number of hydrogen-bond acceptors (Lipinski definition) is 8. The summed E-state index contributed by atoms with van der Waals surface area (Å²) >= 11 is 0. The third kappa shape index (κ3) is 4.94. The number of nitrogens with zero attached hydrogens (tertiary/aromatic N) is 4. The molecule has 1 N–H and O–H groups in total. The zero-order valence-electron chi connectivity index (χ0n) is 19.6. The Balaban J connectivity index is 1.75. The smallest absolute Gasteiger partial charge is 0.285 e. The van der Waals surface area contributed by atoms with E-state index in [1.54, 1.807) is 19.4 Å². The molecule has 34 heavy (non-hydrogen) atoms. The number of nitrogens with one attached hydrogen (secondary N) is 1. The van der Waals surface area contributed by atoms with Crippen molar-refractivity contribution in [1.29, 1.82) is 0 Å². The fourth-order valence-corrected chi connectivity index (χ4v) is 3.51. The Morgan fingerprint density at radius 2 is 1.85 bits per heavy atom. The highest BCUT2D eigenvalue weighted by Crippen LogP contribution is 2.38. The number of benzene rings is 2. The highest BCUT2D eigenvalue weighted by Gasteiger charge is 2.14. The lowest BCUT2D eigenvalue weighted by molar-refractivity contribution is 0.167. The highest BCUT2D eigenvalue weighted by atomic mass is 16.6. The molecule has 2 aromatic carbocycles. The molecule has 0 saturated heterocycles. The summed E-state index contributed by atoms with van der Waals surface area (Å²) in [7, 11) is 7.07. The molecule has 0 radical (unpaired) electrons. The van der Waals surface area contributed by atoms with Crippen molar-refractivity contribution in [3.8, 4) is 22.6 Å². The number of ether oxygens (including phenoxy) is 2. The van der Waals surface area contributed by atoms with Crippen molar-refractivity contribution in [2.75, 3.05) is 46.8 Å². The fourth-order valence-electron chi connectivity index (χ4n) is 3.51. The van der Waals surface area contributed by atoms with E-state index in [2.05, 4.69) is 20.2 Å². The highest BCUT2D eigenvalue weighted by molar-refractivity contribution is 5.85. The molecule has 0 bridgehead atoms. The number of aromatic nitrogens is 3. The van der Waals surface area contributed by atoms with Crippen molar-refractivity contribution in [2.45, 2.75) is 0 Å². The van der Waals surface area contributed by atoms with Crippen molar-refractivity contribution >= 4 is 22.7 Å². The Morgan fingerprint density at radius 3 is 2.62 bits per heavy atom. The van der Waals surface area contributed by atoms with Crippen LogP contribution in [0.1, 0.15) is 0 Å². The molecule has 0 saturated carbocycles. The topological polar surface area (TPSA) is 90.7 Å². The van der Waals surface area contributed by atoms with Gasteiger partial charge in [-0.2, -0.15) is 4.98 Å². The van der Waals surface area contributed by atoms with Crippen LogP contribution in [-0.4, -0.2) is 61.1 Å². The summed E-state index contributed by atoms with van der Waals surface area (Å²) in [5.74, 6) is 1.78. The first kappa shape index (κ1) is 23.1. The van der Waals surface area contributed by atoms with Gasteiger partial charge >= 0.3 is 0 Å². The van der Waals surface area contributed by atoms with Gasteiger partial charge in [0.2, 0.25) is 5.95 Å². The van der Waals surface area contributed by atoms with E-state index in [4.69, 9.17) is 14.3 Å². The standard InChI is InChI=1S/C25H27N5O4/c1-29(2)13-14-34-18-10-11-21(20(15-18)19-7-5-6-8-22(19)32-3)27-25-26-16-17-9-12-23(31)30(33-4)24(17)28-25/h5-12,15-16H,13-14H2,1-4H3,(H,26,27,28). The molecule has 0 atom stereocenters. The average Bonchev–Trinajstić information content (AvgIpc) is 2.84. The van der Waals surface area contributed by atoms with Gasteiger partial charge in [-0.15, -0.1) is 4.73 Å². The lowest BCUT2D eigenvalue weighted by Gasteiger charge is -2.17. The van der Waals surface area contributed by atoms with Crippen LogP contribution in [0.3, 0.4) is 0 Å². The molecule has 4 rings (SSSR count). The molecule has 0 spiro atoms. The molecule has 0 unspecified atom stereocenters. The maximum atomic E-state index is 12.1. The maximum Gasteiger partial charge on any atom is 0.285 e. The molecule has 9 nitrogen and oxygen atoms in total. The predicted octanol–water partition coefficient (Wildman–Crippen LogP) is 3.21. The second-order valence-electron chi connectivity index (χ2n) is 7.81. The van der Waals surface area contributed by atoms with E-state index in [9.17, 15) is 4.79 Å². The van der Waals surface area contributed by atoms with Crippen molar-refractivity contribution < 1.29 is 14.3 Å². The van der Waals surface area contributed by atoms with E-state index in [-0.39, 0.29) is 5.56 Å². The lowest BCUT2D eigenvalue weighted by Crippen LogP contribution is -2.25. The monoisotopic (exact) mass is 461 g/mol. The molecule has 9 heteroatoms. The lowest BCUT2D eigenvalue weighted by atomic mass is 10.0. The number of fused-ring (bicyclic) bond motifs is 1. The number of hydrogen-bond donors (Lipinski definition) is 1. The van der Waals surface area contributed by atoms with Gasteiger partial charge in [-0.25, -0.2) is 4.98 Å². The van der Waals surface area contributed by atoms with Gasteiger partial charge in [0.15, 0.2) is 5.65 Å². The first-order valence-corrected chi connectivity index (χ1v) is 10.8. The first-order chi connectivity index (χ1) is 16.5.